The zero-order chi connectivity index (χ0) is 11.4. The molecule has 0 aromatic carbocycles. The van der Waals surface area contributed by atoms with E-state index in [0.717, 1.165) is 11.5 Å². The Labute approximate surface area is 90.5 Å². The number of hydrogen-bond acceptors (Lipinski definition) is 5. The second-order valence-electron chi connectivity index (χ2n) is 3.32. The van der Waals surface area contributed by atoms with Crippen molar-refractivity contribution < 1.29 is 14.7 Å². The molecular formula is C8H11N3O3S. The van der Waals surface area contributed by atoms with Crippen LogP contribution in [0.2, 0.25) is 0 Å². The molecule has 0 saturated heterocycles. The van der Waals surface area contributed by atoms with Gasteiger partial charge in [-0.1, -0.05) is 18.3 Å². The van der Waals surface area contributed by atoms with E-state index < -0.39 is 17.9 Å². The van der Waals surface area contributed by atoms with Crippen molar-refractivity contribution in [2.24, 2.45) is 5.92 Å². The zero-order valence-corrected chi connectivity index (χ0v) is 9.11. The highest BCUT2D eigenvalue weighted by Crippen LogP contribution is 2.06. The van der Waals surface area contributed by atoms with Crippen molar-refractivity contribution in [1.82, 2.24) is 14.9 Å². The summed E-state index contributed by atoms with van der Waals surface area (Å²) in [6, 6.07) is -0.889. The van der Waals surface area contributed by atoms with Crippen LogP contribution >= 0.6 is 11.5 Å². The number of carbonyl (C=O) groups is 2. The molecule has 0 radical (unpaired) electrons. The first-order valence-electron chi connectivity index (χ1n) is 4.33. The monoisotopic (exact) mass is 229 g/mol. The van der Waals surface area contributed by atoms with E-state index in [1.54, 1.807) is 13.8 Å². The Hall–Kier alpha value is -1.50. The normalized spacial score (nSPS) is 12.5. The summed E-state index contributed by atoms with van der Waals surface area (Å²) in [4.78, 5) is 22.6. The number of nitrogens with zero attached hydrogens (tertiary/aromatic N) is 2. The molecular weight excluding hydrogens is 218 g/mol. The van der Waals surface area contributed by atoms with Crippen molar-refractivity contribution in [2.45, 2.75) is 19.9 Å². The molecule has 0 spiro atoms. The second-order valence-corrected chi connectivity index (χ2v) is 4.10. The van der Waals surface area contributed by atoms with Crippen LogP contribution in [-0.4, -0.2) is 32.6 Å². The van der Waals surface area contributed by atoms with Crippen LogP contribution in [0.1, 0.15) is 23.5 Å². The van der Waals surface area contributed by atoms with Crippen LogP contribution < -0.4 is 5.32 Å². The van der Waals surface area contributed by atoms with Gasteiger partial charge in [-0.05, 0) is 17.5 Å². The Bertz CT molecular complexity index is 350. The van der Waals surface area contributed by atoms with Crippen LogP contribution in [0, 0.1) is 5.92 Å². The first-order chi connectivity index (χ1) is 7.02. The van der Waals surface area contributed by atoms with Gasteiger partial charge in [-0.2, -0.15) is 0 Å². The molecule has 1 unspecified atom stereocenters. The molecule has 0 saturated carbocycles. The summed E-state index contributed by atoms with van der Waals surface area (Å²) in [5.74, 6) is -1.67. The molecule has 1 amide bonds. The van der Waals surface area contributed by atoms with Crippen molar-refractivity contribution in [2.75, 3.05) is 0 Å². The number of carboxylic acid groups (broad SMARTS) is 1. The van der Waals surface area contributed by atoms with Gasteiger partial charge in [-0.15, -0.1) is 5.10 Å². The molecule has 0 aliphatic heterocycles. The van der Waals surface area contributed by atoms with Crippen LogP contribution in [0.4, 0.5) is 0 Å². The first kappa shape index (κ1) is 11.6. The Kier molecular flexibility index (Phi) is 3.73. The van der Waals surface area contributed by atoms with E-state index in [4.69, 9.17) is 5.11 Å². The number of nitrogens with one attached hydrogen (secondary N) is 1. The highest BCUT2D eigenvalue weighted by atomic mass is 32.1. The maximum absolute atomic E-state index is 11.5. The second kappa shape index (κ2) is 4.83. The van der Waals surface area contributed by atoms with Gasteiger partial charge in [0.2, 0.25) is 0 Å². The van der Waals surface area contributed by atoms with Gasteiger partial charge in [0.05, 0.1) is 6.20 Å². The SMILES string of the molecule is CC(C)C(NC(=O)c1cnns1)C(=O)O. The molecule has 0 fully saturated rings. The lowest BCUT2D eigenvalue weighted by Gasteiger charge is -2.16. The number of aliphatic carboxylic acids is 1. The molecule has 0 bridgehead atoms. The van der Waals surface area contributed by atoms with Crippen molar-refractivity contribution >= 4 is 23.4 Å². The molecule has 7 heteroatoms. The predicted molar refractivity (Wildman–Crippen MR) is 53.6 cm³/mol. The summed E-state index contributed by atoms with van der Waals surface area (Å²) in [5, 5.41) is 14.8. The van der Waals surface area contributed by atoms with Gasteiger partial charge < -0.3 is 10.4 Å². The average Bonchev–Trinajstić information content (AvgIpc) is 2.65. The minimum Gasteiger partial charge on any atom is -0.480 e. The third kappa shape index (κ3) is 2.98. The van der Waals surface area contributed by atoms with E-state index in [1.165, 1.54) is 6.20 Å². The number of hydrogen-bond donors (Lipinski definition) is 2. The standard InChI is InChI=1S/C8H11N3O3S/c1-4(2)6(8(13)14)10-7(12)5-3-9-11-15-5/h3-4,6H,1-2H3,(H,10,12)(H,13,14). The Morgan fingerprint density at radius 3 is 2.60 bits per heavy atom. The fraction of sp³-hybridized carbons (Fsp3) is 0.500. The van der Waals surface area contributed by atoms with Gasteiger partial charge in [-0.25, -0.2) is 4.79 Å². The third-order valence-corrected chi connectivity index (χ3v) is 2.47. The average molecular weight is 229 g/mol. The Morgan fingerprint density at radius 1 is 1.53 bits per heavy atom. The first-order valence-corrected chi connectivity index (χ1v) is 5.10. The van der Waals surface area contributed by atoms with E-state index in [1.807, 2.05) is 0 Å². The number of rotatable bonds is 4. The maximum atomic E-state index is 11.5. The van der Waals surface area contributed by atoms with Crippen molar-refractivity contribution in [3.63, 3.8) is 0 Å². The minimum atomic E-state index is -1.05. The van der Waals surface area contributed by atoms with Crippen molar-refractivity contribution in [1.29, 1.82) is 0 Å². The summed E-state index contributed by atoms with van der Waals surface area (Å²) in [6.45, 7) is 3.45. The van der Waals surface area contributed by atoms with E-state index in [-0.39, 0.29) is 5.92 Å². The number of amides is 1. The fourth-order valence-electron chi connectivity index (χ4n) is 0.993. The molecule has 6 nitrogen and oxygen atoms in total. The van der Waals surface area contributed by atoms with Gasteiger partial charge >= 0.3 is 5.97 Å². The third-order valence-electron chi connectivity index (χ3n) is 1.80. The number of aromatic nitrogens is 2. The van der Waals surface area contributed by atoms with E-state index in [0.29, 0.717) is 4.88 Å². The lowest BCUT2D eigenvalue weighted by molar-refractivity contribution is -0.140. The summed E-state index contributed by atoms with van der Waals surface area (Å²) in [7, 11) is 0. The quantitative estimate of drug-likeness (QED) is 0.778. The lowest BCUT2D eigenvalue weighted by atomic mass is 10.0. The zero-order valence-electron chi connectivity index (χ0n) is 8.30. The van der Waals surface area contributed by atoms with Gasteiger partial charge in [0.25, 0.3) is 5.91 Å². The van der Waals surface area contributed by atoms with Crippen molar-refractivity contribution in [3.8, 4) is 0 Å². The lowest BCUT2D eigenvalue weighted by Crippen LogP contribution is -2.44. The van der Waals surface area contributed by atoms with Gasteiger partial charge in [0.1, 0.15) is 10.9 Å². The molecule has 0 aliphatic carbocycles. The largest absolute Gasteiger partial charge is 0.480 e. The molecule has 1 rings (SSSR count). The Morgan fingerprint density at radius 2 is 2.20 bits per heavy atom. The van der Waals surface area contributed by atoms with E-state index >= 15 is 0 Å². The van der Waals surface area contributed by atoms with Crippen LogP contribution in [0.3, 0.4) is 0 Å². The molecule has 1 atom stereocenters. The van der Waals surface area contributed by atoms with Crippen LogP contribution in [0.15, 0.2) is 6.20 Å². The van der Waals surface area contributed by atoms with Gasteiger partial charge in [0.15, 0.2) is 0 Å². The molecule has 1 aromatic heterocycles. The molecule has 1 heterocycles. The summed E-state index contributed by atoms with van der Waals surface area (Å²) < 4.78 is 3.52. The smallest absolute Gasteiger partial charge is 0.326 e. The topological polar surface area (TPSA) is 92.2 Å². The number of carboxylic acids is 1. The van der Waals surface area contributed by atoms with E-state index in [9.17, 15) is 9.59 Å². The summed E-state index contributed by atoms with van der Waals surface area (Å²) >= 11 is 0.930. The maximum Gasteiger partial charge on any atom is 0.326 e. The van der Waals surface area contributed by atoms with Crippen LogP contribution in [0.5, 0.6) is 0 Å². The molecule has 0 aliphatic rings. The highest BCUT2D eigenvalue weighted by molar-refractivity contribution is 7.07. The summed E-state index contributed by atoms with van der Waals surface area (Å²) in [5.41, 5.74) is 0. The van der Waals surface area contributed by atoms with Gasteiger partial charge in [-0.3, -0.25) is 4.79 Å². The van der Waals surface area contributed by atoms with E-state index in [2.05, 4.69) is 14.9 Å². The summed E-state index contributed by atoms with van der Waals surface area (Å²) in [6.07, 6.45) is 1.30. The van der Waals surface area contributed by atoms with Crippen molar-refractivity contribution in [3.05, 3.63) is 11.1 Å². The van der Waals surface area contributed by atoms with Crippen LogP contribution in [-0.2, 0) is 4.79 Å². The molecule has 15 heavy (non-hydrogen) atoms. The Balaban J connectivity index is 2.67. The molecule has 82 valence electrons. The highest BCUT2D eigenvalue weighted by Gasteiger charge is 2.24. The molecule has 1 aromatic rings. The fourth-order valence-corrected chi connectivity index (χ4v) is 1.41. The van der Waals surface area contributed by atoms with Crippen LogP contribution in [0.25, 0.3) is 0 Å². The molecule has 2 N–H and O–H groups in total. The number of carbonyl (C=O) groups excluding carboxylic acids is 1. The van der Waals surface area contributed by atoms with Gasteiger partial charge in [0, 0.05) is 0 Å². The predicted octanol–water partition coefficient (Wildman–Crippen LogP) is 0.377. The minimum absolute atomic E-state index is 0.174.